The van der Waals surface area contributed by atoms with Crippen molar-refractivity contribution in [1.82, 2.24) is 4.90 Å². The minimum Gasteiger partial charge on any atom is -0.872 e. The van der Waals surface area contributed by atoms with E-state index >= 15 is 0 Å². The molecule has 1 rings (SSSR count). The lowest BCUT2D eigenvalue weighted by molar-refractivity contribution is -0.782. The van der Waals surface area contributed by atoms with Gasteiger partial charge in [0.2, 0.25) is 0 Å². The number of hydrogen-bond acceptors (Lipinski definition) is 2. The maximum Gasteiger partial charge on any atom is 0.298 e. The molecule has 0 N–H and O–H groups in total. The number of rotatable bonds is 0. The summed E-state index contributed by atoms with van der Waals surface area (Å²) >= 11 is 0. The van der Waals surface area contributed by atoms with Gasteiger partial charge in [-0.3, -0.25) is 4.48 Å². The van der Waals surface area contributed by atoms with E-state index in [4.69, 9.17) is 0 Å². The second kappa shape index (κ2) is 6.91. The number of hydrogen-bond donors (Lipinski definition) is 0. The molecule has 4 heteroatoms. The zero-order chi connectivity index (χ0) is 13.5. The second-order valence-corrected chi connectivity index (χ2v) is 4.74. The molecule has 1 aromatic rings. The van der Waals surface area contributed by atoms with Gasteiger partial charge in [0.15, 0.2) is 0 Å². The first-order valence-corrected chi connectivity index (χ1v) is 5.47. The lowest BCUT2D eigenvalue weighted by Gasteiger charge is -2.28. The highest BCUT2D eigenvalue weighted by atomic mass is 16.3. The van der Waals surface area contributed by atoms with Crippen LogP contribution in [0, 0.1) is 0 Å². The van der Waals surface area contributed by atoms with Gasteiger partial charge in [0.05, 0.1) is 21.1 Å². The summed E-state index contributed by atoms with van der Waals surface area (Å²) in [5.74, 6) is 1.14. The number of benzene rings is 1. The van der Waals surface area contributed by atoms with Crippen LogP contribution in [-0.2, 0) is 0 Å². The van der Waals surface area contributed by atoms with Crippen molar-refractivity contribution >= 4 is 5.96 Å². The van der Waals surface area contributed by atoms with Crippen LogP contribution < -0.4 is 5.11 Å². The Morgan fingerprint density at radius 3 is 1.71 bits per heavy atom. The quantitative estimate of drug-likeness (QED) is 0.383. The zero-order valence-electron chi connectivity index (χ0n) is 11.6. The van der Waals surface area contributed by atoms with Crippen LogP contribution >= 0.6 is 0 Å². The van der Waals surface area contributed by atoms with Gasteiger partial charge in [0.25, 0.3) is 5.96 Å². The van der Waals surface area contributed by atoms with Crippen molar-refractivity contribution in [1.29, 1.82) is 0 Å². The molecule has 0 aliphatic heterocycles. The molecular formula is C13H23N3O. The predicted octanol–water partition coefficient (Wildman–Crippen LogP) is 1.00. The molecule has 96 valence electrons. The van der Waals surface area contributed by atoms with Gasteiger partial charge in [-0.1, -0.05) is 30.3 Å². The molecule has 0 saturated carbocycles. The monoisotopic (exact) mass is 237 g/mol. The first-order valence-electron chi connectivity index (χ1n) is 5.47. The van der Waals surface area contributed by atoms with Crippen LogP contribution in [0.3, 0.4) is 0 Å². The van der Waals surface area contributed by atoms with Crippen LogP contribution in [0.15, 0.2) is 35.3 Å². The van der Waals surface area contributed by atoms with Crippen LogP contribution in [0.1, 0.15) is 0 Å². The fourth-order valence-corrected chi connectivity index (χ4v) is 1.52. The van der Waals surface area contributed by atoms with E-state index in [0.29, 0.717) is 0 Å². The van der Waals surface area contributed by atoms with Gasteiger partial charge in [0, 0.05) is 21.1 Å². The predicted molar refractivity (Wildman–Crippen MR) is 71.0 cm³/mol. The molecule has 0 fully saturated rings. The van der Waals surface area contributed by atoms with Crippen LogP contribution in [0.2, 0.25) is 0 Å². The number of quaternary nitrogens is 1. The molecule has 0 heterocycles. The summed E-state index contributed by atoms with van der Waals surface area (Å²) in [5, 5.41) is 10.3. The smallest absolute Gasteiger partial charge is 0.298 e. The van der Waals surface area contributed by atoms with Crippen molar-refractivity contribution in [3.63, 3.8) is 0 Å². The number of nitrogens with zero attached hydrogens (tertiary/aromatic N) is 3. The lowest BCUT2D eigenvalue weighted by atomic mass is 10.3. The van der Waals surface area contributed by atoms with E-state index in [2.05, 4.69) is 26.1 Å². The molecule has 0 bridgehead atoms. The van der Waals surface area contributed by atoms with Gasteiger partial charge in [0.1, 0.15) is 0 Å². The molecule has 0 saturated heterocycles. The standard InChI is InChI=1S/C7H18N3.C6H6O/c1-8-7(9(2)3)10(4,5)6;7-6-4-2-1-3-5-6/h1-6H3;1-5,7H/q+1;/p-1. The van der Waals surface area contributed by atoms with Crippen LogP contribution in [0.5, 0.6) is 5.75 Å². The van der Waals surface area contributed by atoms with Gasteiger partial charge < -0.3 is 10.0 Å². The Morgan fingerprint density at radius 2 is 1.59 bits per heavy atom. The highest BCUT2D eigenvalue weighted by Gasteiger charge is 2.18. The third-order valence-corrected chi connectivity index (χ3v) is 1.94. The zero-order valence-corrected chi connectivity index (χ0v) is 11.6. The number of para-hydroxylation sites is 1. The van der Waals surface area contributed by atoms with Crippen molar-refractivity contribution in [2.24, 2.45) is 4.99 Å². The number of guanidine groups is 1. The van der Waals surface area contributed by atoms with Crippen molar-refractivity contribution < 1.29 is 9.59 Å². The highest BCUT2D eigenvalue weighted by Crippen LogP contribution is 1.98. The van der Waals surface area contributed by atoms with E-state index in [9.17, 15) is 5.11 Å². The Labute approximate surface area is 104 Å². The van der Waals surface area contributed by atoms with Crippen molar-refractivity contribution in [3.05, 3.63) is 30.3 Å². The van der Waals surface area contributed by atoms with E-state index in [1.165, 1.54) is 12.1 Å². The van der Waals surface area contributed by atoms with Crippen LogP contribution in [0.25, 0.3) is 0 Å². The third-order valence-electron chi connectivity index (χ3n) is 1.94. The molecule has 0 atom stereocenters. The minimum absolute atomic E-state index is 0.0718. The molecule has 17 heavy (non-hydrogen) atoms. The minimum atomic E-state index is 0.0718. The normalized spacial score (nSPS) is 11.5. The molecule has 0 spiro atoms. The maximum absolute atomic E-state index is 10.3. The average molecular weight is 237 g/mol. The summed E-state index contributed by atoms with van der Waals surface area (Å²) in [4.78, 5) is 6.20. The summed E-state index contributed by atoms with van der Waals surface area (Å²) in [5.41, 5.74) is 0. The summed E-state index contributed by atoms with van der Waals surface area (Å²) in [7, 11) is 12.1. The van der Waals surface area contributed by atoms with Crippen LogP contribution in [0.4, 0.5) is 0 Å². The Hall–Kier alpha value is -1.55. The van der Waals surface area contributed by atoms with Gasteiger partial charge in [-0.05, 0) is 0 Å². The van der Waals surface area contributed by atoms with Crippen molar-refractivity contribution in [2.75, 3.05) is 42.3 Å². The summed E-state index contributed by atoms with van der Waals surface area (Å²) in [6.45, 7) is 0. The van der Waals surface area contributed by atoms with Crippen molar-refractivity contribution in [3.8, 4) is 5.75 Å². The molecule has 4 nitrogen and oxygen atoms in total. The highest BCUT2D eigenvalue weighted by molar-refractivity contribution is 5.72. The topological polar surface area (TPSA) is 38.7 Å². The van der Waals surface area contributed by atoms with Crippen molar-refractivity contribution in [2.45, 2.75) is 0 Å². The van der Waals surface area contributed by atoms with E-state index < -0.39 is 0 Å². The van der Waals surface area contributed by atoms with E-state index in [1.54, 1.807) is 12.1 Å². The first kappa shape index (κ1) is 15.4. The summed E-state index contributed by atoms with van der Waals surface area (Å²) in [6.07, 6.45) is 0. The Bertz CT molecular complexity index is 339. The Kier molecular flexibility index (Phi) is 6.28. The fourth-order valence-electron chi connectivity index (χ4n) is 1.52. The number of aliphatic imine (C=N–C) groups is 1. The third kappa shape index (κ3) is 6.58. The maximum atomic E-state index is 10.3. The molecule has 1 aromatic carbocycles. The second-order valence-electron chi connectivity index (χ2n) is 4.74. The van der Waals surface area contributed by atoms with E-state index in [0.717, 1.165) is 10.4 Å². The molecule has 0 aromatic heterocycles. The van der Waals surface area contributed by atoms with Gasteiger partial charge in [-0.25, -0.2) is 4.99 Å². The molecular weight excluding hydrogens is 214 g/mol. The summed E-state index contributed by atoms with van der Waals surface area (Å²) in [6, 6.07) is 8.33. The average Bonchev–Trinajstić information content (AvgIpc) is 2.17. The molecule has 0 amide bonds. The SMILES string of the molecule is CN=C(N(C)C)[N+](C)(C)C.[O-]c1ccccc1. The molecule has 0 aliphatic rings. The largest absolute Gasteiger partial charge is 0.872 e. The van der Waals surface area contributed by atoms with Crippen LogP contribution in [-0.4, -0.2) is 57.6 Å². The summed E-state index contributed by atoms with van der Waals surface area (Å²) < 4.78 is 0.767. The van der Waals surface area contributed by atoms with E-state index in [-0.39, 0.29) is 5.75 Å². The van der Waals surface area contributed by atoms with Gasteiger partial charge >= 0.3 is 0 Å². The first-order chi connectivity index (χ1) is 7.79. The fraction of sp³-hybridized carbons (Fsp3) is 0.462. The molecule has 0 aliphatic carbocycles. The molecule has 0 radical (unpaired) electrons. The molecule has 0 unspecified atom stereocenters. The lowest BCUT2D eigenvalue weighted by Crippen LogP contribution is -2.48. The van der Waals surface area contributed by atoms with Gasteiger partial charge in [-0.2, -0.15) is 0 Å². The van der Waals surface area contributed by atoms with E-state index in [1.807, 2.05) is 32.1 Å². The Balaban J connectivity index is 0.000000318. The Morgan fingerprint density at radius 1 is 1.12 bits per heavy atom. The van der Waals surface area contributed by atoms with Gasteiger partial charge in [-0.15, -0.1) is 5.75 Å².